The number of hydrogen-bond acceptors (Lipinski definition) is 0. The van der Waals surface area contributed by atoms with E-state index in [-0.39, 0.29) is 0 Å². The van der Waals surface area contributed by atoms with Crippen LogP contribution in [0.4, 0.5) is 0 Å². The van der Waals surface area contributed by atoms with E-state index in [1.807, 2.05) is 0 Å². The van der Waals surface area contributed by atoms with Crippen molar-refractivity contribution >= 4 is 14.1 Å². The first-order valence-electron chi connectivity index (χ1n) is 7.47. The van der Waals surface area contributed by atoms with Crippen LogP contribution in [0.25, 0.3) is 6.08 Å². The molecule has 108 valence electrons. The molecular weight excluding hydrogens is 268 g/mol. The second kappa shape index (κ2) is 6.73. The molecule has 0 radical (unpaired) electrons. The van der Waals surface area contributed by atoms with Gasteiger partial charge in [0, 0.05) is 5.92 Å². The van der Waals surface area contributed by atoms with E-state index in [1.54, 1.807) is 0 Å². The minimum Gasteiger partial charge on any atom is -0.102 e. The fraction of sp³-hybridized carbons (Fsp3) is 0.200. The van der Waals surface area contributed by atoms with Crippen LogP contribution in [0.3, 0.4) is 0 Å². The maximum Gasteiger partial charge on any atom is 0.0736 e. The second-order valence-corrected chi connectivity index (χ2v) is 11.5. The van der Waals surface area contributed by atoms with Gasteiger partial charge >= 0.3 is 0 Å². The van der Waals surface area contributed by atoms with E-state index in [9.17, 15) is 0 Å². The summed E-state index contributed by atoms with van der Waals surface area (Å²) in [6, 6.07) is 21.3. The Balaban J connectivity index is 2.50. The molecule has 0 nitrogen and oxygen atoms in total. The number of rotatable bonds is 5. The van der Waals surface area contributed by atoms with Crippen molar-refractivity contribution in [3.63, 3.8) is 0 Å². The highest BCUT2D eigenvalue weighted by molar-refractivity contribution is 6.84. The lowest BCUT2D eigenvalue weighted by Gasteiger charge is -2.28. The maximum atomic E-state index is 4.09. The first-order valence-corrected chi connectivity index (χ1v) is 11.0. The number of benzene rings is 2. The molecule has 1 heteroatoms. The molecule has 2 aromatic carbocycles. The molecule has 0 saturated carbocycles. The summed E-state index contributed by atoms with van der Waals surface area (Å²) in [5.74, 6) is 0.304. The van der Waals surface area contributed by atoms with Gasteiger partial charge in [0.2, 0.25) is 0 Å². The zero-order chi connectivity index (χ0) is 15.3. The van der Waals surface area contributed by atoms with Crippen molar-refractivity contribution < 1.29 is 0 Å². The fourth-order valence-corrected chi connectivity index (χ4v) is 4.42. The smallest absolute Gasteiger partial charge is 0.0736 e. The van der Waals surface area contributed by atoms with Gasteiger partial charge in [0.15, 0.2) is 0 Å². The van der Waals surface area contributed by atoms with E-state index in [2.05, 4.69) is 99.0 Å². The van der Waals surface area contributed by atoms with Crippen LogP contribution >= 0.6 is 0 Å². The van der Waals surface area contributed by atoms with E-state index in [1.165, 1.54) is 16.3 Å². The lowest BCUT2D eigenvalue weighted by Crippen LogP contribution is -2.27. The molecule has 2 rings (SSSR count). The molecule has 0 aliphatic carbocycles. The third-order valence-corrected chi connectivity index (χ3v) is 5.90. The summed E-state index contributed by atoms with van der Waals surface area (Å²) in [7, 11) is -1.45. The summed E-state index contributed by atoms with van der Waals surface area (Å²) in [6.07, 6.45) is 4.45. The van der Waals surface area contributed by atoms with E-state index in [0.717, 1.165) is 0 Å². The molecule has 2 aromatic rings. The molecule has 0 saturated heterocycles. The van der Waals surface area contributed by atoms with Gasteiger partial charge in [-0.2, -0.15) is 0 Å². The van der Waals surface area contributed by atoms with Gasteiger partial charge in [0.1, 0.15) is 0 Å². The molecule has 0 aliphatic heterocycles. The van der Waals surface area contributed by atoms with Gasteiger partial charge in [0.05, 0.1) is 8.07 Å². The summed E-state index contributed by atoms with van der Waals surface area (Å²) >= 11 is 0. The normalized spacial score (nSPS) is 13.8. The molecule has 0 heterocycles. The summed E-state index contributed by atoms with van der Waals surface area (Å²) < 4.78 is 0. The van der Waals surface area contributed by atoms with Crippen molar-refractivity contribution in [3.8, 4) is 0 Å². The zero-order valence-corrected chi connectivity index (χ0v) is 14.2. The van der Waals surface area contributed by atoms with E-state index in [0.29, 0.717) is 5.92 Å². The van der Waals surface area contributed by atoms with E-state index in [4.69, 9.17) is 0 Å². The van der Waals surface area contributed by atoms with Crippen molar-refractivity contribution in [2.24, 2.45) is 0 Å². The Hall–Kier alpha value is -1.86. The van der Waals surface area contributed by atoms with E-state index >= 15 is 0 Å². The van der Waals surface area contributed by atoms with Crippen LogP contribution in [0, 0.1) is 0 Å². The van der Waals surface area contributed by atoms with Gasteiger partial charge in [-0.25, -0.2) is 0 Å². The predicted octanol–water partition coefficient (Wildman–Crippen LogP) is 5.92. The Morgan fingerprint density at radius 3 is 1.90 bits per heavy atom. The summed E-state index contributed by atoms with van der Waals surface area (Å²) in [4.78, 5) is 0. The van der Waals surface area contributed by atoms with Gasteiger partial charge in [-0.15, -0.1) is 6.58 Å². The van der Waals surface area contributed by atoms with Gasteiger partial charge in [-0.05, 0) is 11.1 Å². The number of allylic oxidation sites excluding steroid dienone is 2. The molecular formula is C20H24Si. The highest BCUT2D eigenvalue weighted by Crippen LogP contribution is 2.33. The van der Waals surface area contributed by atoms with Gasteiger partial charge in [-0.1, -0.05) is 97.7 Å². The lowest BCUT2D eigenvalue weighted by molar-refractivity contribution is 1.05. The van der Waals surface area contributed by atoms with Crippen LogP contribution in [-0.2, 0) is 0 Å². The monoisotopic (exact) mass is 292 g/mol. The standard InChI is InChI=1S/C20H24Si/c1-5-19(18-14-10-7-11-15-18)20(21(2,3)4)16-17-12-8-6-9-13-17/h5-16,19H,1H2,2-4H3/b20-16-/t19-/m0/s1. The van der Waals surface area contributed by atoms with Crippen LogP contribution in [0.1, 0.15) is 17.0 Å². The van der Waals surface area contributed by atoms with Gasteiger partial charge < -0.3 is 0 Å². The molecule has 0 amide bonds. The molecule has 0 aliphatic rings. The predicted molar refractivity (Wildman–Crippen MR) is 97.1 cm³/mol. The molecule has 1 atom stereocenters. The first kappa shape index (κ1) is 15.5. The van der Waals surface area contributed by atoms with Crippen LogP contribution in [0.2, 0.25) is 19.6 Å². The van der Waals surface area contributed by atoms with Crippen molar-refractivity contribution in [2.75, 3.05) is 0 Å². The topological polar surface area (TPSA) is 0 Å². The lowest BCUT2D eigenvalue weighted by atomic mass is 9.97. The molecule has 0 spiro atoms. The molecule has 0 fully saturated rings. The van der Waals surface area contributed by atoms with Gasteiger partial charge in [0.25, 0.3) is 0 Å². The first-order chi connectivity index (χ1) is 10.0. The minimum absolute atomic E-state index is 0.304. The minimum atomic E-state index is -1.45. The van der Waals surface area contributed by atoms with Crippen molar-refractivity contribution in [1.82, 2.24) is 0 Å². The average molecular weight is 292 g/mol. The van der Waals surface area contributed by atoms with Crippen LogP contribution < -0.4 is 0 Å². The summed E-state index contributed by atoms with van der Waals surface area (Å²) in [5.41, 5.74) is 2.61. The molecule has 0 unspecified atom stereocenters. The third-order valence-electron chi connectivity index (χ3n) is 3.72. The summed E-state index contributed by atoms with van der Waals surface area (Å²) in [5, 5.41) is 1.52. The van der Waals surface area contributed by atoms with Gasteiger partial charge in [-0.3, -0.25) is 0 Å². The van der Waals surface area contributed by atoms with E-state index < -0.39 is 8.07 Å². The molecule has 21 heavy (non-hydrogen) atoms. The fourth-order valence-electron chi connectivity index (χ4n) is 2.60. The SMILES string of the molecule is C=C[C@H](/C(=C/c1ccccc1)[Si](C)(C)C)c1ccccc1. The third kappa shape index (κ3) is 4.05. The Kier molecular flexibility index (Phi) is 4.97. The number of hydrogen-bond donors (Lipinski definition) is 0. The Morgan fingerprint density at radius 1 is 0.905 bits per heavy atom. The van der Waals surface area contributed by atoms with Crippen molar-refractivity contribution in [1.29, 1.82) is 0 Å². The van der Waals surface area contributed by atoms with Crippen LogP contribution in [0.15, 0.2) is 78.5 Å². The van der Waals surface area contributed by atoms with Crippen LogP contribution in [-0.4, -0.2) is 8.07 Å². The average Bonchev–Trinajstić information content (AvgIpc) is 2.48. The van der Waals surface area contributed by atoms with Crippen LogP contribution in [0.5, 0.6) is 0 Å². The van der Waals surface area contributed by atoms with Crippen molar-refractivity contribution in [3.05, 3.63) is 89.6 Å². The Labute approximate surface area is 129 Å². The Morgan fingerprint density at radius 2 is 1.43 bits per heavy atom. The molecule has 0 bridgehead atoms. The highest BCUT2D eigenvalue weighted by atomic mass is 28.3. The highest BCUT2D eigenvalue weighted by Gasteiger charge is 2.26. The molecule has 0 N–H and O–H groups in total. The zero-order valence-electron chi connectivity index (χ0n) is 13.2. The Bertz CT molecular complexity index is 603. The summed E-state index contributed by atoms with van der Waals surface area (Å²) in [6.45, 7) is 11.3. The second-order valence-electron chi connectivity index (χ2n) is 6.38. The van der Waals surface area contributed by atoms with Crippen molar-refractivity contribution in [2.45, 2.75) is 25.6 Å². The maximum absolute atomic E-state index is 4.09. The molecule has 0 aromatic heterocycles. The largest absolute Gasteiger partial charge is 0.102 e. The quantitative estimate of drug-likeness (QED) is 0.474.